The monoisotopic (exact) mass is 164 g/mol. The van der Waals surface area contributed by atoms with Gasteiger partial charge in [0.15, 0.2) is 5.78 Å². The number of benzene rings is 1. The van der Waals surface area contributed by atoms with Crippen molar-refractivity contribution in [3.8, 4) is 0 Å². The number of hydrogen-bond acceptors (Lipinski definition) is 3. The molecule has 3 nitrogen and oxygen atoms in total. The third kappa shape index (κ3) is 1.83. The maximum Gasteiger partial charge on any atom is 0.161 e. The van der Waals surface area contributed by atoms with Crippen LogP contribution >= 0.6 is 0 Å². The molecule has 0 atom stereocenters. The summed E-state index contributed by atoms with van der Waals surface area (Å²) >= 11 is 0. The normalized spacial score (nSPS) is 9.50. The molecule has 2 N–H and O–H groups in total. The number of ketones is 1. The van der Waals surface area contributed by atoms with Gasteiger partial charge in [-0.1, -0.05) is 12.1 Å². The first kappa shape index (κ1) is 8.74. The van der Waals surface area contributed by atoms with Crippen molar-refractivity contribution in [2.45, 2.75) is 6.92 Å². The average molecular weight is 164 g/mol. The fraction of sp³-hybridized carbons (Fsp3) is 0.222. The number of nitrogens with one attached hydrogen (secondary N) is 2. The molecule has 1 aromatic rings. The molecule has 1 rings (SSSR count). The van der Waals surface area contributed by atoms with Gasteiger partial charge in [-0.05, 0) is 19.1 Å². The number of Topliss-reactive ketones (excluding diaryl/α,β-unsaturated/α-hetero) is 1. The SMILES string of the molecule is CNNc1ccccc1C(C)=O. The molecule has 0 heterocycles. The van der Waals surface area contributed by atoms with E-state index >= 15 is 0 Å². The average Bonchev–Trinajstić information content (AvgIpc) is 2.05. The van der Waals surface area contributed by atoms with Gasteiger partial charge in [0.2, 0.25) is 0 Å². The van der Waals surface area contributed by atoms with E-state index in [1.807, 2.05) is 18.2 Å². The molecule has 12 heavy (non-hydrogen) atoms. The Kier molecular flexibility index (Phi) is 2.82. The summed E-state index contributed by atoms with van der Waals surface area (Å²) in [6, 6.07) is 7.37. The molecule has 64 valence electrons. The minimum absolute atomic E-state index is 0.0633. The molecule has 0 unspecified atom stereocenters. The van der Waals surface area contributed by atoms with Crippen LogP contribution in [-0.2, 0) is 0 Å². The molecule has 0 radical (unpaired) electrons. The molecule has 0 amide bonds. The highest BCUT2D eigenvalue weighted by Gasteiger charge is 2.03. The van der Waals surface area contributed by atoms with Crippen molar-refractivity contribution in [2.24, 2.45) is 0 Å². The lowest BCUT2D eigenvalue weighted by Crippen LogP contribution is -2.17. The summed E-state index contributed by atoms with van der Waals surface area (Å²) in [4.78, 5) is 11.1. The van der Waals surface area contributed by atoms with Crippen LogP contribution in [0, 0.1) is 0 Å². The van der Waals surface area contributed by atoms with Crippen molar-refractivity contribution in [1.82, 2.24) is 5.43 Å². The van der Waals surface area contributed by atoms with E-state index in [-0.39, 0.29) is 5.78 Å². The molecule has 0 aromatic heterocycles. The highest BCUT2D eigenvalue weighted by molar-refractivity contribution is 5.99. The van der Waals surface area contributed by atoms with Crippen molar-refractivity contribution in [3.63, 3.8) is 0 Å². The molecule has 0 saturated carbocycles. The summed E-state index contributed by atoms with van der Waals surface area (Å²) in [6.07, 6.45) is 0. The topological polar surface area (TPSA) is 41.1 Å². The van der Waals surface area contributed by atoms with Gasteiger partial charge in [-0.15, -0.1) is 0 Å². The number of carbonyl (C=O) groups is 1. The van der Waals surface area contributed by atoms with Crippen LogP contribution in [0.25, 0.3) is 0 Å². The van der Waals surface area contributed by atoms with Gasteiger partial charge in [-0.25, -0.2) is 5.43 Å². The Morgan fingerprint density at radius 1 is 1.33 bits per heavy atom. The first-order chi connectivity index (χ1) is 5.75. The number of anilines is 1. The van der Waals surface area contributed by atoms with E-state index < -0.39 is 0 Å². The Labute approximate surface area is 71.8 Å². The number of hydrogen-bond donors (Lipinski definition) is 2. The highest BCUT2D eigenvalue weighted by Crippen LogP contribution is 2.13. The van der Waals surface area contributed by atoms with E-state index in [1.165, 1.54) is 0 Å². The second-order valence-electron chi connectivity index (χ2n) is 2.48. The minimum Gasteiger partial charge on any atom is -0.321 e. The van der Waals surface area contributed by atoms with Gasteiger partial charge in [-0.2, -0.15) is 0 Å². The third-order valence-corrected chi connectivity index (χ3v) is 1.57. The van der Waals surface area contributed by atoms with Gasteiger partial charge < -0.3 is 5.43 Å². The fourth-order valence-electron chi connectivity index (χ4n) is 1.03. The number of para-hydroxylation sites is 1. The summed E-state index contributed by atoms with van der Waals surface area (Å²) < 4.78 is 0. The number of carbonyl (C=O) groups excluding carboxylic acids is 1. The van der Waals surface area contributed by atoms with E-state index in [9.17, 15) is 4.79 Å². The van der Waals surface area contributed by atoms with Gasteiger partial charge in [0.1, 0.15) is 0 Å². The lowest BCUT2D eigenvalue weighted by molar-refractivity contribution is 0.101. The van der Waals surface area contributed by atoms with E-state index in [1.54, 1.807) is 20.0 Å². The molecule has 3 heteroatoms. The second kappa shape index (κ2) is 3.88. The number of hydrazine groups is 1. The molecule has 0 aliphatic heterocycles. The van der Waals surface area contributed by atoms with Crippen LogP contribution < -0.4 is 10.9 Å². The molecular formula is C9H12N2O. The molecule has 0 aliphatic carbocycles. The van der Waals surface area contributed by atoms with Crippen LogP contribution in [0.2, 0.25) is 0 Å². The summed E-state index contributed by atoms with van der Waals surface area (Å²) in [5, 5.41) is 0. The van der Waals surface area contributed by atoms with Crippen LogP contribution in [0.15, 0.2) is 24.3 Å². The Morgan fingerprint density at radius 3 is 2.58 bits per heavy atom. The van der Waals surface area contributed by atoms with Gasteiger partial charge in [0.25, 0.3) is 0 Å². The summed E-state index contributed by atoms with van der Waals surface area (Å²) in [7, 11) is 1.76. The van der Waals surface area contributed by atoms with Crippen molar-refractivity contribution in [1.29, 1.82) is 0 Å². The highest BCUT2D eigenvalue weighted by atomic mass is 16.1. The smallest absolute Gasteiger partial charge is 0.161 e. The Hall–Kier alpha value is -1.35. The van der Waals surface area contributed by atoms with Crippen molar-refractivity contribution >= 4 is 11.5 Å². The van der Waals surface area contributed by atoms with Crippen LogP contribution in [0.4, 0.5) is 5.69 Å². The maximum atomic E-state index is 11.1. The summed E-state index contributed by atoms with van der Waals surface area (Å²) in [5.41, 5.74) is 7.18. The molecule has 1 aromatic carbocycles. The second-order valence-corrected chi connectivity index (χ2v) is 2.48. The van der Waals surface area contributed by atoms with Crippen LogP contribution in [0.1, 0.15) is 17.3 Å². The minimum atomic E-state index is 0.0633. The van der Waals surface area contributed by atoms with Gasteiger partial charge in [0.05, 0.1) is 5.69 Å². The predicted octanol–water partition coefficient (Wildman–Crippen LogP) is 1.44. The lowest BCUT2D eigenvalue weighted by Gasteiger charge is -2.07. The molecule has 0 aliphatic rings. The first-order valence-corrected chi connectivity index (χ1v) is 3.78. The van der Waals surface area contributed by atoms with Gasteiger partial charge >= 0.3 is 0 Å². The first-order valence-electron chi connectivity index (χ1n) is 3.78. The van der Waals surface area contributed by atoms with E-state index in [2.05, 4.69) is 10.9 Å². The zero-order valence-electron chi connectivity index (χ0n) is 7.22. The Bertz CT molecular complexity index is 284. The van der Waals surface area contributed by atoms with Gasteiger partial charge in [-0.3, -0.25) is 4.79 Å². The lowest BCUT2D eigenvalue weighted by atomic mass is 10.1. The van der Waals surface area contributed by atoms with Crippen molar-refractivity contribution < 1.29 is 4.79 Å². The van der Waals surface area contributed by atoms with E-state index in [0.717, 1.165) is 5.69 Å². The van der Waals surface area contributed by atoms with Crippen LogP contribution in [-0.4, -0.2) is 12.8 Å². The molecule has 0 spiro atoms. The molecule has 0 bridgehead atoms. The fourth-order valence-corrected chi connectivity index (χ4v) is 1.03. The molecule has 0 saturated heterocycles. The third-order valence-electron chi connectivity index (χ3n) is 1.57. The quantitative estimate of drug-likeness (QED) is 0.524. The standard InChI is InChI=1S/C9H12N2O/c1-7(12)8-5-3-4-6-9(8)11-10-2/h3-6,10-11H,1-2H3. The van der Waals surface area contributed by atoms with Crippen LogP contribution in [0.5, 0.6) is 0 Å². The zero-order valence-corrected chi connectivity index (χ0v) is 7.22. The molecule has 0 fully saturated rings. The van der Waals surface area contributed by atoms with Crippen molar-refractivity contribution in [2.75, 3.05) is 12.5 Å². The van der Waals surface area contributed by atoms with Gasteiger partial charge in [0, 0.05) is 12.6 Å². The van der Waals surface area contributed by atoms with Crippen LogP contribution in [0.3, 0.4) is 0 Å². The zero-order chi connectivity index (χ0) is 8.97. The molecular weight excluding hydrogens is 152 g/mol. The largest absolute Gasteiger partial charge is 0.321 e. The number of rotatable bonds is 3. The summed E-state index contributed by atoms with van der Waals surface area (Å²) in [5.74, 6) is 0.0633. The Morgan fingerprint density at radius 2 is 2.00 bits per heavy atom. The summed E-state index contributed by atoms with van der Waals surface area (Å²) in [6.45, 7) is 1.55. The van der Waals surface area contributed by atoms with Crippen molar-refractivity contribution in [3.05, 3.63) is 29.8 Å². The van der Waals surface area contributed by atoms with E-state index in [0.29, 0.717) is 5.56 Å². The predicted molar refractivity (Wildman–Crippen MR) is 49.1 cm³/mol. The Balaban J connectivity index is 3.00. The maximum absolute atomic E-state index is 11.1. The van der Waals surface area contributed by atoms with E-state index in [4.69, 9.17) is 0 Å².